The molecule has 1 aliphatic heterocycles. The number of nitrogens with zero attached hydrogens (tertiary/aromatic N) is 4. The van der Waals surface area contributed by atoms with Gasteiger partial charge in [0.25, 0.3) is 0 Å². The van der Waals surface area contributed by atoms with Crippen molar-refractivity contribution in [3.05, 3.63) is 83.1 Å². The molecule has 4 aromatic rings. The molecule has 1 fully saturated rings. The van der Waals surface area contributed by atoms with E-state index in [0.717, 1.165) is 49.5 Å². The molecule has 188 valence electrons. The molecule has 2 aromatic carbocycles. The van der Waals surface area contributed by atoms with Gasteiger partial charge >= 0.3 is 6.36 Å². The fourth-order valence-corrected chi connectivity index (χ4v) is 4.87. The molecule has 0 spiro atoms. The molecule has 0 aliphatic carbocycles. The highest BCUT2D eigenvalue weighted by Crippen LogP contribution is 2.35. The van der Waals surface area contributed by atoms with Crippen LogP contribution in [0.2, 0.25) is 5.02 Å². The van der Waals surface area contributed by atoms with Gasteiger partial charge in [0.15, 0.2) is 0 Å². The summed E-state index contributed by atoms with van der Waals surface area (Å²) in [4.78, 5) is 9.06. The van der Waals surface area contributed by atoms with Crippen molar-refractivity contribution in [2.24, 2.45) is 0 Å². The second kappa shape index (κ2) is 9.91. The molecule has 10 heteroatoms. The minimum atomic E-state index is -4.74. The van der Waals surface area contributed by atoms with Crippen LogP contribution >= 0.6 is 11.6 Å². The number of hydrogen-bond acceptors (Lipinski definition) is 5. The number of hydrogen-bond donors (Lipinski definition) is 1. The Morgan fingerprint density at radius 3 is 2.36 bits per heavy atom. The number of piperazine rings is 1. The summed E-state index contributed by atoms with van der Waals surface area (Å²) < 4.78 is 42.7. The Morgan fingerprint density at radius 1 is 0.944 bits per heavy atom. The highest BCUT2D eigenvalue weighted by molar-refractivity contribution is 6.36. The van der Waals surface area contributed by atoms with Gasteiger partial charge < -0.3 is 19.3 Å². The van der Waals surface area contributed by atoms with Crippen LogP contribution in [0.3, 0.4) is 0 Å². The monoisotopic (exact) mass is 516 g/mol. The molecule has 5 rings (SSSR count). The summed E-state index contributed by atoms with van der Waals surface area (Å²) in [6.45, 7) is 4.57. The van der Waals surface area contributed by atoms with Crippen LogP contribution in [0, 0.1) is 0 Å². The van der Waals surface area contributed by atoms with E-state index in [-0.39, 0.29) is 18.2 Å². The Labute approximate surface area is 211 Å². The number of aromatic hydroxyl groups is 1. The van der Waals surface area contributed by atoms with Crippen molar-refractivity contribution >= 4 is 28.2 Å². The van der Waals surface area contributed by atoms with E-state index in [0.29, 0.717) is 16.0 Å². The first kappa shape index (κ1) is 24.3. The Kier molecular flexibility index (Phi) is 6.68. The van der Waals surface area contributed by atoms with Gasteiger partial charge in [-0.3, -0.25) is 4.90 Å². The molecule has 1 saturated heterocycles. The van der Waals surface area contributed by atoms with Gasteiger partial charge in [-0.2, -0.15) is 0 Å². The average molecular weight is 517 g/mol. The lowest BCUT2D eigenvalue weighted by Crippen LogP contribution is -2.46. The Bertz CT molecular complexity index is 1340. The van der Waals surface area contributed by atoms with Crippen molar-refractivity contribution in [3.8, 4) is 11.6 Å². The lowest BCUT2D eigenvalue weighted by atomic mass is 10.1. The van der Waals surface area contributed by atoms with Gasteiger partial charge in [-0.15, -0.1) is 13.2 Å². The van der Waals surface area contributed by atoms with E-state index in [4.69, 9.17) is 11.6 Å². The van der Waals surface area contributed by atoms with Gasteiger partial charge in [-0.1, -0.05) is 29.8 Å². The summed E-state index contributed by atoms with van der Waals surface area (Å²) in [6, 6.07) is 15.4. The second-order valence-electron chi connectivity index (χ2n) is 8.77. The molecule has 0 amide bonds. The molecule has 2 aromatic heterocycles. The van der Waals surface area contributed by atoms with Crippen LogP contribution in [-0.2, 0) is 13.1 Å². The summed E-state index contributed by atoms with van der Waals surface area (Å²) in [5, 5.41) is 12.6. The van der Waals surface area contributed by atoms with Crippen molar-refractivity contribution in [1.82, 2.24) is 14.5 Å². The zero-order chi connectivity index (χ0) is 25.3. The number of alkyl halides is 3. The van der Waals surface area contributed by atoms with Crippen LogP contribution in [-0.4, -0.2) is 52.1 Å². The van der Waals surface area contributed by atoms with Crippen molar-refractivity contribution in [2.75, 3.05) is 31.1 Å². The fraction of sp³-hybridized carbons (Fsp3) is 0.269. The number of rotatable bonds is 6. The van der Waals surface area contributed by atoms with Gasteiger partial charge in [0.1, 0.15) is 11.6 Å². The van der Waals surface area contributed by atoms with E-state index in [9.17, 15) is 18.3 Å². The maximum Gasteiger partial charge on any atom is 0.573 e. The van der Waals surface area contributed by atoms with Crippen LogP contribution in [0.25, 0.3) is 10.8 Å². The highest BCUT2D eigenvalue weighted by atomic mass is 35.5. The first-order chi connectivity index (χ1) is 17.2. The minimum absolute atomic E-state index is 0.0149. The summed E-state index contributed by atoms with van der Waals surface area (Å²) in [5.41, 5.74) is 1.76. The minimum Gasteiger partial charge on any atom is -0.494 e. The Hall–Kier alpha value is -3.43. The van der Waals surface area contributed by atoms with E-state index in [1.54, 1.807) is 17.0 Å². The fourth-order valence-electron chi connectivity index (χ4n) is 4.54. The molecule has 6 nitrogen and oxygen atoms in total. The molecular weight excluding hydrogens is 493 g/mol. The van der Waals surface area contributed by atoms with E-state index in [2.05, 4.69) is 19.5 Å². The number of halogens is 4. The standard InChI is InChI=1S/C26H24ClF3N4O2/c27-22-14-19(15-32-9-11-33(12-10-32)23-3-1-2-8-31-23)13-20-17-34(25(35)24(20)22)16-18-4-6-21(7-5-18)36-26(28,29)30/h1-8,13-14,17,35H,9-12,15-16H2. The van der Waals surface area contributed by atoms with Crippen molar-refractivity contribution in [1.29, 1.82) is 0 Å². The predicted molar refractivity (Wildman–Crippen MR) is 133 cm³/mol. The van der Waals surface area contributed by atoms with E-state index < -0.39 is 6.36 Å². The van der Waals surface area contributed by atoms with E-state index in [1.165, 1.54) is 24.3 Å². The molecule has 1 N–H and O–H groups in total. The van der Waals surface area contributed by atoms with Crippen LogP contribution in [0.1, 0.15) is 11.1 Å². The molecule has 0 radical (unpaired) electrons. The van der Waals surface area contributed by atoms with Crippen molar-refractivity contribution < 1.29 is 23.0 Å². The first-order valence-corrected chi connectivity index (χ1v) is 11.9. The van der Waals surface area contributed by atoms with Crippen LogP contribution in [0.15, 0.2) is 67.0 Å². The van der Waals surface area contributed by atoms with E-state index >= 15 is 0 Å². The number of aromatic nitrogens is 2. The third kappa shape index (κ3) is 5.52. The smallest absolute Gasteiger partial charge is 0.494 e. The number of anilines is 1. The maximum absolute atomic E-state index is 12.4. The topological polar surface area (TPSA) is 53.8 Å². The third-order valence-corrected chi connectivity index (χ3v) is 6.53. The highest BCUT2D eigenvalue weighted by Gasteiger charge is 2.31. The molecule has 1 aliphatic rings. The number of pyridine rings is 1. The van der Waals surface area contributed by atoms with Gasteiger partial charge in [0.05, 0.1) is 17.0 Å². The lowest BCUT2D eigenvalue weighted by Gasteiger charge is -2.35. The summed E-state index contributed by atoms with van der Waals surface area (Å²) >= 11 is 6.56. The van der Waals surface area contributed by atoms with Gasteiger partial charge in [-0.25, -0.2) is 4.98 Å². The Balaban J connectivity index is 1.27. The predicted octanol–water partition coefficient (Wildman–Crippen LogP) is 5.66. The zero-order valence-electron chi connectivity index (χ0n) is 19.2. The van der Waals surface area contributed by atoms with Crippen molar-refractivity contribution in [3.63, 3.8) is 0 Å². The third-order valence-electron chi connectivity index (χ3n) is 6.23. The normalized spacial score (nSPS) is 14.9. The van der Waals surface area contributed by atoms with Crippen LogP contribution in [0.5, 0.6) is 11.6 Å². The second-order valence-corrected chi connectivity index (χ2v) is 9.17. The number of fused-ring (bicyclic) bond motifs is 1. The van der Waals surface area contributed by atoms with Gasteiger partial charge in [-0.05, 0) is 47.5 Å². The number of ether oxygens (including phenoxy) is 1. The zero-order valence-corrected chi connectivity index (χ0v) is 20.0. The maximum atomic E-state index is 12.4. The van der Waals surface area contributed by atoms with Crippen LogP contribution < -0.4 is 9.64 Å². The summed E-state index contributed by atoms with van der Waals surface area (Å²) in [5.74, 6) is 0.712. The SMILES string of the molecule is Oc1c2c(Cl)cc(CN3CCN(c4ccccn4)CC3)cc2cn1Cc1ccc(OC(F)(F)F)cc1. The Morgan fingerprint density at radius 2 is 1.69 bits per heavy atom. The molecule has 0 bridgehead atoms. The molecule has 0 atom stereocenters. The molecule has 36 heavy (non-hydrogen) atoms. The molecule has 0 saturated carbocycles. The average Bonchev–Trinajstić information content (AvgIpc) is 3.15. The molecular formula is C26H24ClF3N4O2. The van der Waals surface area contributed by atoms with E-state index in [1.807, 2.05) is 30.3 Å². The quantitative estimate of drug-likeness (QED) is 0.358. The van der Waals surface area contributed by atoms with Gasteiger partial charge in [0, 0.05) is 50.5 Å². The van der Waals surface area contributed by atoms with Crippen LogP contribution in [0.4, 0.5) is 19.0 Å². The summed E-state index contributed by atoms with van der Waals surface area (Å²) in [7, 11) is 0. The lowest BCUT2D eigenvalue weighted by molar-refractivity contribution is -0.274. The van der Waals surface area contributed by atoms with Gasteiger partial charge in [0.2, 0.25) is 5.88 Å². The first-order valence-electron chi connectivity index (χ1n) is 11.5. The van der Waals surface area contributed by atoms with Crippen molar-refractivity contribution in [2.45, 2.75) is 19.5 Å². The molecule has 0 unspecified atom stereocenters. The molecule has 3 heterocycles. The largest absolute Gasteiger partial charge is 0.573 e. The number of benzene rings is 2. The summed E-state index contributed by atoms with van der Waals surface area (Å²) in [6.07, 6.45) is -1.13.